The van der Waals surface area contributed by atoms with Crippen molar-refractivity contribution in [1.82, 2.24) is 5.43 Å². The van der Waals surface area contributed by atoms with Crippen LogP contribution < -0.4 is 21.5 Å². The van der Waals surface area contributed by atoms with Crippen LogP contribution in [-0.4, -0.2) is 19.0 Å². The van der Waals surface area contributed by atoms with Crippen LogP contribution in [0.4, 0.5) is 21.5 Å². The number of thiophene rings is 1. The molecule has 1 aliphatic rings. The highest BCUT2D eigenvalue weighted by molar-refractivity contribution is 7.12. The summed E-state index contributed by atoms with van der Waals surface area (Å²) in [6.07, 6.45) is 2.15. The Hall–Kier alpha value is -3.16. The first-order valence-corrected chi connectivity index (χ1v) is 9.69. The minimum atomic E-state index is -0.307. The molecule has 5 nitrogen and oxygen atoms in total. The second kappa shape index (κ2) is 7.84. The largest absolute Gasteiger partial charge is 0.380 e. The maximum Gasteiger partial charge on any atom is 0.277 e. The monoisotopic (exact) mass is 394 g/mol. The molecule has 142 valence electrons. The smallest absolute Gasteiger partial charge is 0.277 e. The Morgan fingerprint density at radius 1 is 1.14 bits per heavy atom. The number of amides is 1. The molecule has 0 saturated heterocycles. The number of nitrogen functional groups attached to an aromatic ring is 1. The lowest BCUT2D eigenvalue weighted by atomic mass is 9.98. The molecular formula is C21H19FN4OS. The van der Waals surface area contributed by atoms with Crippen LogP contribution in [0.5, 0.6) is 0 Å². The molecule has 2 aromatic carbocycles. The molecular weight excluding hydrogens is 375 g/mol. The van der Waals surface area contributed by atoms with Crippen LogP contribution in [0.25, 0.3) is 5.57 Å². The van der Waals surface area contributed by atoms with E-state index in [1.807, 2.05) is 23.6 Å². The van der Waals surface area contributed by atoms with Gasteiger partial charge in [-0.05, 0) is 47.4 Å². The minimum absolute atomic E-state index is 0.248. The molecule has 2 heterocycles. The van der Waals surface area contributed by atoms with E-state index in [0.29, 0.717) is 18.0 Å². The zero-order chi connectivity index (χ0) is 19.5. The fraction of sp³-hybridized carbons (Fsp3) is 0.0952. The van der Waals surface area contributed by atoms with Gasteiger partial charge in [0, 0.05) is 30.0 Å². The molecule has 1 aromatic heterocycles. The Kier molecular flexibility index (Phi) is 5.10. The maximum absolute atomic E-state index is 13.3. The average molecular weight is 394 g/mol. The Morgan fingerprint density at radius 2 is 1.93 bits per heavy atom. The van der Waals surface area contributed by atoms with Gasteiger partial charge in [-0.25, -0.2) is 10.2 Å². The van der Waals surface area contributed by atoms with Crippen molar-refractivity contribution >= 4 is 39.9 Å². The Balaban J connectivity index is 1.58. The summed E-state index contributed by atoms with van der Waals surface area (Å²) in [7, 11) is 0. The number of carbonyl (C=O) groups is 1. The molecule has 7 heteroatoms. The second-order valence-corrected chi connectivity index (χ2v) is 7.24. The fourth-order valence-corrected chi connectivity index (χ4v) is 4.08. The van der Waals surface area contributed by atoms with Crippen molar-refractivity contribution in [2.45, 2.75) is 0 Å². The maximum atomic E-state index is 13.3. The molecule has 1 aliphatic heterocycles. The molecule has 0 bridgehead atoms. The van der Waals surface area contributed by atoms with Gasteiger partial charge in [0.15, 0.2) is 0 Å². The summed E-state index contributed by atoms with van der Waals surface area (Å²) in [5.74, 6) is 4.70. The van der Waals surface area contributed by atoms with Gasteiger partial charge < -0.3 is 10.2 Å². The molecule has 0 aliphatic carbocycles. The number of hydrogen-bond donors (Lipinski definition) is 3. The summed E-state index contributed by atoms with van der Waals surface area (Å²) in [5, 5.41) is 5.19. The topological polar surface area (TPSA) is 70.4 Å². The second-order valence-electron chi connectivity index (χ2n) is 6.32. The third-order valence-corrected chi connectivity index (χ3v) is 5.58. The summed E-state index contributed by atoms with van der Waals surface area (Å²) in [6, 6.07) is 16.5. The van der Waals surface area contributed by atoms with Gasteiger partial charge in [0.25, 0.3) is 5.91 Å². The number of nitrogens with two attached hydrogens (primary N) is 1. The number of anilines is 3. The van der Waals surface area contributed by atoms with Crippen LogP contribution in [0.3, 0.4) is 0 Å². The van der Waals surface area contributed by atoms with Crippen molar-refractivity contribution in [3.05, 3.63) is 82.3 Å². The number of carbonyl (C=O) groups excluding carboxylic acids is 1. The molecule has 28 heavy (non-hydrogen) atoms. The minimum Gasteiger partial charge on any atom is -0.380 e. The van der Waals surface area contributed by atoms with Crippen LogP contribution in [0.2, 0.25) is 0 Å². The van der Waals surface area contributed by atoms with Crippen LogP contribution >= 0.6 is 11.3 Å². The van der Waals surface area contributed by atoms with E-state index in [2.05, 4.69) is 33.9 Å². The van der Waals surface area contributed by atoms with E-state index in [0.717, 1.165) is 28.2 Å². The van der Waals surface area contributed by atoms with Crippen molar-refractivity contribution < 1.29 is 9.18 Å². The van der Waals surface area contributed by atoms with Gasteiger partial charge >= 0.3 is 0 Å². The summed E-state index contributed by atoms with van der Waals surface area (Å²) in [5.41, 5.74) is 7.18. The molecule has 0 spiro atoms. The fourth-order valence-electron chi connectivity index (χ4n) is 3.30. The number of rotatable bonds is 5. The highest BCUT2D eigenvalue weighted by Gasteiger charge is 2.20. The van der Waals surface area contributed by atoms with E-state index in [4.69, 9.17) is 5.84 Å². The first-order valence-electron chi connectivity index (χ1n) is 8.81. The van der Waals surface area contributed by atoms with E-state index in [1.165, 1.54) is 23.5 Å². The number of fused-ring (bicyclic) bond motifs is 1. The number of hydrazine groups is 1. The van der Waals surface area contributed by atoms with Gasteiger partial charge in [-0.2, -0.15) is 0 Å². The summed E-state index contributed by atoms with van der Waals surface area (Å²) < 4.78 is 13.3. The van der Waals surface area contributed by atoms with Gasteiger partial charge in [-0.3, -0.25) is 10.2 Å². The van der Waals surface area contributed by atoms with Crippen LogP contribution in [-0.2, 0) is 0 Å². The SMILES string of the molecule is NNC(=O)c1sccc1NCC1=CCN(c2ccc(F)cc2)c2ccccc21. The normalized spacial score (nSPS) is 12.9. The molecule has 4 N–H and O–H groups in total. The third kappa shape index (κ3) is 3.49. The Bertz CT molecular complexity index is 1030. The van der Waals surface area contributed by atoms with Crippen molar-refractivity contribution in [3.8, 4) is 0 Å². The summed E-state index contributed by atoms with van der Waals surface area (Å²) in [4.78, 5) is 14.6. The molecule has 0 fully saturated rings. The van der Waals surface area contributed by atoms with Gasteiger partial charge in [0.1, 0.15) is 10.7 Å². The van der Waals surface area contributed by atoms with Gasteiger partial charge in [-0.1, -0.05) is 24.3 Å². The first kappa shape index (κ1) is 18.2. The average Bonchev–Trinajstić information content (AvgIpc) is 3.21. The highest BCUT2D eigenvalue weighted by atomic mass is 32.1. The lowest BCUT2D eigenvalue weighted by Gasteiger charge is -2.31. The molecule has 4 rings (SSSR count). The van der Waals surface area contributed by atoms with Gasteiger partial charge in [0.2, 0.25) is 0 Å². The number of nitrogens with zero attached hydrogens (tertiary/aromatic N) is 1. The Labute approximate surface area is 166 Å². The standard InChI is InChI=1S/C21H19FN4OS/c22-15-5-7-16(8-6-15)26-11-9-14(17-3-1-2-4-19(17)26)13-24-18-10-12-28-20(18)21(27)25-23/h1-10,12,24H,11,13,23H2,(H,25,27). The molecule has 0 atom stereocenters. The van der Waals surface area contributed by atoms with Gasteiger partial charge in [0.05, 0.1) is 5.69 Å². The molecule has 0 radical (unpaired) electrons. The predicted molar refractivity (Wildman–Crippen MR) is 112 cm³/mol. The lowest BCUT2D eigenvalue weighted by Crippen LogP contribution is -2.30. The number of benzene rings is 2. The van der Waals surface area contributed by atoms with E-state index < -0.39 is 0 Å². The van der Waals surface area contributed by atoms with Crippen LogP contribution in [0, 0.1) is 5.82 Å². The molecule has 0 saturated carbocycles. The first-order chi connectivity index (χ1) is 13.7. The zero-order valence-electron chi connectivity index (χ0n) is 15.0. The molecule has 0 unspecified atom stereocenters. The van der Waals surface area contributed by atoms with E-state index in [1.54, 1.807) is 12.1 Å². The van der Waals surface area contributed by atoms with E-state index >= 15 is 0 Å². The van der Waals surface area contributed by atoms with E-state index in [9.17, 15) is 9.18 Å². The van der Waals surface area contributed by atoms with Crippen LogP contribution in [0.1, 0.15) is 15.2 Å². The number of para-hydroxylation sites is 1. The molecule has 1 amide bonds. The summed E-state index contributed by atoms with van der Waals surface area (Å²) >= 11 is 1.34. The van der Waals surface area contributed by atoms with Gasteiger partial charge in [-0.15, -0.1) is 11.3 Å². The number of halogens is 1. The molecule has 3 aromatic rings. The van der Waals surface area contributed by atoms with Crippen molar-refractivity contribution in [3.63, 3.8) is 0 Å². The van der Waals surface area contributed by atoms with Crippen molar-refractivity contribution in [2.75, 3.05) is 23.3 Å². The summed E-state index contributed by atoms with van der Waals surface area (Å²) in [6.45, 7) is 1.26. The Morgan fingerprint density at radius 3 is 2.71 bits per heavy atom. The zero-order valence-corrected chi connectivity index (χ0v) is 15.8. The van der Waals surface area contributed by atoms with Crippen molar-refractivity contribution in [1.29, 1.82) is 0 Å². The third-order valence-electron chi connectivity index (χ3n) is 4.67. The van der Waals surface area contributed by atoms with Crippen molar-refractivity contribution in [2.24, 2.45) is 5.84 Å². The van der Waals surface area contributed by atoms with Crippen LogP contribution in [0.15, 0.2) is 66.1 Å². The predicted octanol–water partition coefficient (Wildman–Crippen LogP) is 4.14. The highest BCUT2D eigenvalue weighted by Crippen LogP contribution is 2.36. The number of hydrogen-bond acceptors (Lipinski definition) is 5. The number of nitrogens with one attached hydrogen (secondary N) is 2. The lowest BCUT2D eigenvalue weighted by molar-refractivity contribution is 0.0958. The van der Waals surface area contributed by atoms with E-state index in [-0.39, 0.29) is 11.7 Å². The quantitative estimate of drug-likeness (QED) is 0.346.